The molecule has 2 unspecified atom stereocenters. The molecule has 3 aromatic carbocycles. The fourth-order valence-electron chi connectivity index (χ4n) is 5.29. The fraction of sp³-hybridized carbons (Fsp3) is 0.0968. The van der Waals surface area contributed by atoms with Gasteiger partial charge in [0.05, 0.1) is 22.1 Å². The monoisotopic (exact) mass is 438 g/mol. The van der Waals surface area contributed by atoms with E-state index in [1.807, 2.05) is 18.3 Å². The van der Waals surface area contributed by atoms with Crippen LogP contribution >= 0.6 is 0 Å². The first-order chi connectivity index (χ1) is 16.7. The summed E-state index contributed by atoms with van der Waals surface area (Å²) in [5.41, 5.74) is 7.43. The van der Waals surface area contributed by atoms with E-state index >= 15 is 0 Å². The zero-order chi connectivity index (χ0) is 22.7. The molecule has 0 saturated carbocycles. The summed E-state index contributed by atoms with van der Waals surface area (Å²) in [6.07, 6.45) is 8.59. The molecule has 3 heteroatoms. The van der Waals surface area contributed by atoms with E-state index in [4.69, 9.17) is 9.72 Å². The van der Waals surface area contributed by atoms with Crippen LogP contribution in [-0.4, -0.2) is 16.1 Å². The van der Waals surface area contributed by atoms with Gasteiger partial charge in [-0.1, -0.05) is 78.9 Å². The molecule has 0 amide bonds. The predicted molar refractivity (Wildman–Crippen MR) is 138 cm³/mol. The summed E-state index contributed by atoms with van der Waals surface area (Å²) in [7, 11) is 0. The standard InChI is InChI=1S/C31H22N2O/c1-31-19-24(15-17-28(31)34-27-7-3-2-6-25(27)31)20-8-10-21(11-9-20)26-16-14-23-13-12-22-5-4-18-32-29(22)30(23)33-26/h2-19,28H,1H3. The topological polar surface area (TPSA) is 35.0 Å². The summed E-state index contributed by atoms with van der Waals surface area (Å²) in [5, 5.41) is 2.21. The molecule has 0 saturated heterocycles. The number of benzene rings is 3. The summed E-state index contributed by atoms with van der Waals surface area (Å²) < 4.78 is 6.20. The molecule has 1 aliphatic heterocycles. The van der Waals surface area contributed by atoms with Crippen LogP contribution in [0, 0.1) is 0 Å². The Hall–Kier alpha value is -4.24. The Kier molecular flexibility index (Phi) is 4.04. The number of fused-ring (bicyclic) bond motifs is 6. The lowest BCUT2D eigenvalue weighted by atomic mass is 9.74. The molecule has 2 aliphatic rings. The first-order valence-electron chi connectivity index (χ1n) is 11.6. The minimum atomic E-state index is -0.159. The normalized spacial score (nSPS) is 20.6. The Bertz CT molecular complexity index is 1650. The van der Waals surface area contributed by atoms with E-state index in [-0.39, 0.29) is 11.5 Å². The number of ether oxygens (including phenoxy) is 1. The largest absolute Gasteiger partial charge is 0.485 e. The summed E-state index contributed by atoms with van der Waals surface area (Å²) >= 11 is 0. The van der Waals surface area contributed by atoms with E-state index in [9.17, 15) is 0 Å². The molecular formula is C31H22N2O. The van der Waals surface area contributed by atoms with Crippen LogP contribution in [0.1, 0.15) is 18.1 Å². The lowest BCUT2D eigenvalue weighted by Gasteiger charge is -2.29. The highest BCUT2D eigenvalue weighted by atomic mass is 16.5. The van der Waals surface area contributed by atoms with Gasteiger partial charge < -0.3 is 4.74 Å². The van der Waals surface area contributed by atoms with E-state index in [0.29, 0.717) is 0 Å². The third kappa shape index (κ3) is 2.83. The first kappa shape index (κ1) is 19.2. The van der Waals surface area contributed by atoms with Gasteiger partial charge in [0.25, 0.3) is 0 Å². The molecule has 0 bridgehead atoms. The maximum atomic E-state index is 6.20. The number of pyridine rings is 2. The second kappa shape index (κ2) is 7.13. The predicted octanol–water partition coefficient (Wildman–Crippen LogP) is 7.12. The van der Waals surface area contributed by atoms with E-state index in [0.717, 1.165) is 38.8 Å². The molecule has 162 valence electrons. The average Bonchev–Trinajstić information content (AvgIpc) is 3.20. The third-order valence-electron chi connectivity index (χ3n) is 7.16. The molecule has 0 spiro atoms. The van der Waals surface area contributed by atoms with E-state index in [1.165, 1.54) is 16.7 Å². The van der Waals surface area contributed by atoms with Gasteiger partial charge in [-0.2, -0.15) is 0 Å². The van der Waals surface area contributed by atoms with Crippen molar-refractivity contribution in [3.8, 4) is 17.0 Å². The lowest BCUT2D eigenvalue weighted by molar-refractivity contribution is 0.228. The molecule has 3 heterocycles. The Balaban J connectivity index is 1.26. The second-order valence-electron chi connectivity index (χ2n) is 9.26. The number of rotatable bonds is 2. The van der Waals surface area contributed by atoms with Crippen LogP contribution in [-0.2, 0) is 5.41 Å². The SMILES string of the molecule is CC12C=C(c3ccc(-c4ccc5ccc6cccnc6c5n4)cc3)C=CC1Oc1ccccc12. The molecule has 0 N–H and O–H groups in total. The number of hydrogen-bond acceptors (Lipinski definition) is 3. The molecular weight excluding hydrogens is 416 g/mol. The number of nitrogens with zero attached hydrogens (tertiary/aromatic N) is 2. The van der Waals surface area contributed by atoms with Crippen molar-refractivity contribution in [2.45, 2.75) is 18.4 Å². The molecule has 1 aliphatic carbocycles. The maximum absolute atomic E-state index is 6.20. The Morgan fingerprint density at radius 3 is 2.41 bits per heavy atom. The average molecular weight is 439 g/mol. The van der Waals surface area contributed by atoms with E-state index in [1.54, 1.807) is 0 Å². The van der Waals surface area contributed by atoms with Crippen LogP contribution in [0.5, 0.6) is 5.75 Å². The lowest BCUT2D eigenvalue weighted by Crippen LogP contribution is -2.33. The van der Waals surface area contributed by atoms with Gasteiger partial charge in [0.1, 0.15) is 11.9 Å². The molecule has 34 heavy (non-hydrogen) atoms. The highest BCUT2D eigenvalue weighted by Crippen LogP contribution is 2.47. The van der Waals surface area contributed by atoms with Crippen LogP contribution in [0.15, 0.2) is 109 Å². The highest BCUT2D eigenvalue weighted by molar-refractivity contribution is 6.03. The van der Waals surface area contributed by atoms with Crippen LogP contribution < -0.4 is 4.74 Å². The molecule has 2 atom stereocenters. The fourth-order valence-corrected chi connectivity index (χ4v) is 5.29. The van der Waals surface area contributed by atoms with Gasteiger partial charge in [0.15, 0.2) is 0 Å². The molecule has 3 nitrogen and oxygen atoms in total. The summed E-state index contributed by atoms with van der Waals surface area (Å²) in [6.45, 7) is 2.26. The van der Waals surface area contributed by atoms with Crippen molar-refractivity contribution in [1.82, 2.24) is 9.97 Å². The van der Waals surface area contributed by atoms with Gasteiger partial charge in [-0.05, 0) is 42.3 Å². The zero-order valence-electron chi connectivity index (χ0n) is 18.8. The Labute approximate surface area is 198 Å². The summed E-state index contributed by atoms with van der Waals surface area (Å²) in [4.78, 5) is 9.57. The zero-order valence-corrected chi connectivity index (χ0v) is 18.8. The smallest absolute Gasteiger partial charge is 0.130 e. The second-order valence-corrected chi connectivity index (χ2v) is 9.26. The van der Waals surface area contributed by atoms with Crippen molar-refractivity contribution < 1.29 is 4.74 Å². The number of hydrogen-bond donors (Lipinski definition) is 0. The van der Waals surface area contributed by atoms with Crippen molar-refractivity contribution in [1.29, 1.82) is 0 Å². The van der Waals surface area contributed by atoms with Crippen LogP contribution in [0.4, 0.5) is 0 Å². The molecule has 2 aromatic heterocycles. The summed E-state index contributed by atoms with van der Waals surface area (Å²) in [6, 6.07) is 29.5. The molecule has 0 radical (unpaired) electrons. The minimum absolute atomic E-state index is 0.0400. The molecule has 5 aromatic rings. The van der Waals surface area contributed by atoms with Gasteiger partial charge in [-0.15, -0.1) is 0 Å². The van der Waals surface area contributed by atoms with Crippen LogP contribution in [0.3, 0.4) is 0 Å². The Morgan fingerprint density at radius 1 is 0.765 bits per heavy atom. The van der Waals surface area contributed by atoms with Gasteiger partial charge in [-0.25, -0.2) is 4.98 Å². The Morgan fingerprint density at radius 2 is 1.53 bits per heavy atom. The summed E-state index contributed by atoms with van der Waals surface area (Å²) in [5.74, 6) is 0.983. The maximum Gasteiger partial charge on any atom is 0.130 e. The third-order valence-corrected chi connectivity index (χ3v) is 7.16. The van der Waals surface area contributed by atoms with Crippen molar-refractivity contribution in [2.75, 3.05) is 0 Å². The minimum Gasteiger partial charge on any atom is -0.485 e. The van der Waals surface area contributed by atoms with Crippen LogP contribution in [0.2, 0.25) is 0 Å². The van der Waals surface area contributed by atoms with Crippen molar-refractivity contribution in [3.63, 3.8) is 0 Å². The van der Waals surface area contributed by atoms with Gasteiger partial charge in [0, 0.05) is 28.1 Å². The van der Waals surface area contributed by atoms with Crippen molar-refractivity contribution in [2.24, 2.45) is 0 Å². The molecule has 7 rings (SSSR count). The van der Waals surface area contributed by atoms with Gasteiger partial charge >= 0.3 is 0 Å². The number of para-hydroxylation sites is 1. The van der Waals surface area contributed by atoms with Gasteiger partial charge in [-0.3, -0.25) is 4.98 Å². The van der Waals surface area contributed by atoms with E-state index in [2.05, 4.69) is 103 Å². The van der Waals surface area contributed by atoms with Crippen molar-refractivity contribution >= 4 is 27.4 Å². The van der Waals surface area contributed by atoms with Gasteiger partial charge in [0.2, 0.25) is 0 Å². The first-order valence-corrected chi connectivity index (χ1v) is 11.6. The van der Waals surface area contributed by atoms with Crippen molar-refractivity contribution in [3.05, 3.63) is 120 Å². The van der Waals surface area contributed by atoms with Crippen LogP contribution in [0.25, 0.3) is 38.6 Å². The molecule has 0 fully saturated rings. The highest BCUT2D eigenvalue weighted by Gasteiger charge is 2.43. The quantitative estimate of drug-likeness (QED) is 0.275. The number of aromatic nitrogens is 2. The number of allylic oxidation sites excluding steroid dienone is 2. The van der Waals surface area contributed by atoms with E-state index < -0.39 is 0 Å².